The van der Waals surface area contributed by atoms with Gasteiger partial charge < -0.3 is 20.7 Å². The Kier molecular flexibility index (Phi) is 6.84. The van der Waals surface area contributed by atoms with Crippen molar-refractivity contribution >= 4 is 23.4 Å². The summed E-state index contributed by atoms with van der Waals surface area (Å²) in [5.41, 5.74) is 1.50. The van der Waals surface area contributed by atoms with E-state index in [1.165, 1.54) is 0 Å². The molecule has 3 rings (SSSR count). The van der Waals surface area contributed by atoms with Gasteiger partial charge in [-0.1, -0.05) is 12.1 Å². The predicted molar refractivity (Wildman–Crippen MR) is 110 cm³/mol. The molecule has 0 unspecified atom stereocenters. The number of ether oxygens (including phenoxy) is 1. The maximum absolute atomic E-state index is 12.5. The summed E-state index contributed by atoms with van der Waals surface area (Å²) < 4.78 is 5.48. The second-order valence-electron chi connectivity index (χ2n) is 6.78. The van der Waals surface area contributed by atoms with Crippen molar-refractivity contribution in [2.45, 2.75) is 19.8 Å². The minimum Gasteiger partial charge on any atom is -0.493 e. The Morgan fingerprint density at radius 1 is 0.931 bits per heavy atom. The van der Waals surface area contributed by atoms with Gasteiger partial charge in [0.05, 0.1) is 12.2 Å². The first-order valence-corrected chi connectivity index (χ1v) is 9.77. The molecule has 3 N–H and O–H groups in total. The molecule has 29 heavy (non-hydrogen) atoms. The van der Waals surface area contributed by atoms with Crippen LogP contribution in [0.3, 0.4) is 0 Å². The van der Waals surface area contributed by atoms with E-state index in [2.05, 4.69) is 16.0 Å². The summed E-state index contributed by atoms with van der Waals surface area (Å²) in [6.45, 7) is 3.11. The summed E-state index contributed by atoms with van der Waals surface area (Å²) >= 11 is 0. The van der Waals surface area contributed by atoms with Crippen LogP contribution >= 0.6 is 0 Å². The van der Waals surface area contributed by atoms with E-state index in [-0.39, 0.29) is 23.6 Å². The molecule has 1 aliphatic rings. The van der Waals surface area contributed by atoms with Crippen molar-refractivity contribution in [1.29, 1.82) is 0 Å². The highest BCUT2D eigenvalue weighted by molar-refractivity contribution is 6.06. The van der Waals surface area contributed by atoms with E-state index in [1.54, 1.807) is 42.5 Å². The molecule has 7 heteroatoms. The molecular formula is C22H25N3O4. The highest BCUT2D eigenvalue weighted by Gasteiger charge is 2.29. The molecule has 0 radical (unpaired) electrons. The van der Waals surface area contributed by atoms with Crippen molar-refractivity contribution < 1.29 is 19.1 Å². The van der Waals surface area contributed by atoms with Crippen LogP contribution < -0.4 is 20.7 Å². The second-order valence-corrected chi connectivity index (χ2v) is 6.78. The number of carbonyl (C=O) groups is 3. The second kappa shape index (κ2) is 9.73. The van der Waals surface area contributed by atoms with Gasteiger partial charge in [0.25, 0.3) is 11.8 Å². The van der Waals surface area contributed by atoms with Crippen molar-refractivity contribution in [3.05, 3.63) is 59.7 Å². The summed E-state index contributed by atoms with van der Waals surface area (Å²) in [7, 11) is 0. The first kappa shape index (κ1) is 20.4. The van der Waals surface area contributed by atoms with Crippen molar-refractivity contribution in [3.63, 3.8) is 0 Å². The topological polar surface area (TPSA) is 96.5 Å². The van der Waals surface area contributed by atoms with Gasteiger partial charge in [0.2, 0.25) is 5.91 Å². The molecule has 0 saturated heterocycles. The number of nitrogens with one attached hydrogen (secondary N) is 3. The lowest BCUT2D eigenvalue weighted by molar-refractivity contribution is -0.122. The molecule has 1 aliphatic carbocycles. The van der Waals surface area contributed by atoms with Gasteiger partial charge in [0, 0.05) is 30.3 Å². The first-order chi connectivity index (χ1) is 14.1. The number of anilines is 1. The van der Waals surface area contributed by atoms with Crippen LogP contribution in [0.4, 0.5) is 5.69 Å². The molecule has 0 aromatic heterocycles. The normalized spacial score (nSPS) is 12.7. The molecule has 0 aliphatic heterocycles. The molecule has 0 heterocycles. The third-order valence-electron chi connectivity index (χ3n) is 4.49. The predicted octanol–water partition coefficient (Wildman–Crippen LogP) is 2.59. The maximum Gasteiger partial charge on any atom is 0.259 e. The van der Waals surface area contributed by atoms with Gasteiger partial charge in [-0.05, 0) is 56.2 Å². The minimum atomic E-state index is -0.280. The van der Waals surface area contributed by atoms with E-state index in [0.717, 1.165) is 12.8 Å². The van der Waals surface area contributed by atoms with Gasteiger partial charge in [-0.15, -0.1) is 0 Å². The summed E-state index contributed by atoms with van der Waals surface area (Å²) in [6, 6.07) is 13.7. The fourth-order valence-electron chi connectivity index (χ4n) is 2.79. The molecule has 1 fully saturated rings. The van der Waals surface area contributed by atoms with Crippen LogP contribution in [0.25, 0.3) is 0 Å². The van der Waals surface area contributed by atoms with Crippen LogP contribution in [-0.2, 0) is 4.79 Å². The van der Waals surface area contributed by atoms with Crippen molar-refractivity contribution in [2.24, 2.45) is 5.92 Å². The van der Waals surface area contributed by atoms with Gasteiger partial charge in [-0.2, -0.15) is 0 Å². The van der Waals surface area contributed by atoms with Gasteiger partial charge in [-0.25, -0.2) is 0 Å². The molecule has 3 amide bonds. The van der Waals surface area contributed by atoms with Gasteiger partial charge in [0.1, 0.15) is 5.75 Å². The third kappa shape index (κ3) is 5.81. The maximum atomic E-state index is 12.5. The van der Waals surface area contributed by atoms with Gasteiger partial charge >= 0.3 is 0 Å². The van der Waals surface area contributed by atoms with Crippen LogP contribution in [0, 0.1) is 5.92 Å². The molecule has 0 atom stereocenters. The standard InChI is InChI=1S/C22H25N3O4/c1-2-29-19-6-4-3-5-18(19)22(28)25-17-11-9-16(10-12-17)21(27)24-14-13-23-20(26)15-7-8-15/h3-6,9-12,15H,2,7-8,13-14H2,1H3,(H,23,26)(H,24,27)(H,25,28). The van der Waals surface area contributed by atoms with E-state index in [1.807, 2.05) is 13.0 Å². The lowest BCUT2D eigenvalue weighted by atomic mass is 10.1. The SMILES string of the molecule is CCOc1ccccc1C(=O)Nc1ccc(C(=O)NCCNC(=O)C2CC2)cc1. The van der Waals surface area contributed by atoms with Crippen LogP contribution in [-0.4, -0.2) is 37.4 Å². The van der Waals surface area contributed by atoms with Crippen LogP contribution in [0.15, 0.2) is 48.5 Å². The average Bonchev–Trinajstić information content (AvgIpc) is 3.57. The quantitative estimate of drug-likeness (QED) is 0.569. The molecule has 2 aromatic rings. The minimum absolute atomic E-state index is 0.0604. The molecule has 152 valence electrons. The number of hydrogen-bond donors (Lipinski definition) is 3. The monoisotopic (exact) mass is 395 g/mol. The Morgan fingerprint density at radius 3 is 2.31 bits per heavy atom. The number of carbonyl (C=O) groups excluding carboxylic acids is 3. The summed E-state index contributed by atoms with van der Waals surface area (Å²) in [6.07, 6.45) is 1.91. The molecule has 7 nitrogen and oxygen atoms in total. The van der Waals surface area contributed by atoms with Crippen molar-refractivity contribution in [1.82, 2.24) is 10.6 Å². The summed E-state index contributed by atoms with van der Waals surface area (Å²) in [4.78, 5) is 36.2. The smallest absolute Gasteiger partial charge is 0.259 e. The number of hydrogen-bond acceptors (Lipinski definition) is 4. The zero-order valence-electron chi connectivity index (χ0n) is 16.4. The molecule has 1 saturated carbocycles. The molecule has 2 aromatic carbocycles. The Bertz CT molecular complexity index is 876. The van der Waals surface area contributed by atoms with Crippen LogP contribution in [0.5, 0.6) is 5.75 Å². The Balaban J connectivity index is 1.49. The Hall–Kier alpha value is -3.35. The zero-order chi connectivity index (χ0) is 20.6. The van der Waals surface area contributed by atoms with Crippen LogP contribution in [0.2, 0.25) is 0 Å². The van der Waals surface area contributed by atoms with Gasteiger partial charge in [-0.3, -0.25) is 14.4 Å². The van der Waals surface area contributed by atoms with E-state index in [4.69, 9.17) is 4.74 Å². The highest BCUT2D eigenvalue weighted by Crippen LogP contribution is 2.28. The fraction of sp³-hybridized carbons (Fsp3) is 0.318. The van der Waals surface area contributed by atoms with Crippen molar-refractivity contribution in [2.75, 3.05) is 25.0 Å². The number of rotatable bonds is 9. The fourth-order valence-corrected chi connectivity index (χ4v) is 2.79. The van der Waals surface area contributed by atoms with E-state index >= 15 is 0 Å². The third-order valence-corrected chi connectivity index (χ3v) is 4.49. The number of para-hydroxylation sites is 1. The first-order valence-electron chi connectivity index (χ1n) is 9.77. The number of amides is 3. The largest absolute Gasteiger partial charge is 0.493 e. The Morgan fingerprint density at radius 2 is 1.62 bits per heavy atom. The molecule has 0 spiro atoms. The van der Waals surface area contributed by atoms with Crippen molar-refractivity contribution in [3.8, 4) is 5.75 Å². The van der Waals surface area contributed by atoms with E-state index in [0.29, 0.717) is 42.3 Å². The van der Waals surface area contributed by atoms with E-state index < -0.39 is 0 Å². The average molecular weight is 395 g/mol. The van der Waals surface area contributed by atoms with E-state index in [9.17, 15) is 14.4 Å². The van der Waals surface area contributed by atoms with Crippen LogP contribution in [0.1, 0.15) is 40.5 Å². The lowest BCUT2D eigenvalue weighted by Crippen LogP contribution is -2.35. The Labute approximate surface area is 169 Å². The number of benzene rings is 2. The highest BCUT2D eigenvalue weighted by atomic mass is 16.5. The molecule has 0 bridgehead atoms. The lowest BCUT2D eigenvalue weighted by Gasteiger charge is -2.11. The van der Waals surface area contributed by atoms with Gasteiger partial charge in [0.15, 0.2) is 0 Å². The zero-order valence-corrected chi connectivity index (χ0v) is 16.4. The summed E-state index contributed by atoms with van der Waals surface area (Å²) in [5, 5.41) is 8.37. The molecular weight excluding hydrogens is 370 g/mol. The summed E-state index contributed by atoms with van der Waals surface area (Å²) in [5.74, 6) is 0.236.